The first kappa shape index (κ1) is 62.6. The molecule has 428 valence electrons. The number of phosphoric acid groups is 1. The Bertz CT molecular complexity index is 2650. The van der Waals surface area contributed by atoms with Gasteiger partial charge in [-0.2, -0.15) is 0 Å². The number of hydrogen-bond donors (Lipinski definition) is 2. The van der Waals surface area contributed by atoms with Gasteiger partial charge in [0.2, 0.25) is 6.54 Å². The quantitative estimate of drug-likeness (QED) is 0.0239. The van der Waals surface area contributed by atoms with E-state index in [2.05, 4.69) is 16.8 Å². The van der Waals surface area contributed by atoms with Crippen LogP contribution in [-0.2, 0) is 58.0 Å². The molecule has 0 bridgehead atoms. The van der Waals surface area contributed by atoms with E-state index < -0.39 is 117 Å². The number of nitrogens with one attached hydrogen (secondary N) is 2. The van der Waals surface area contributed by atoms with Crippen LogP contribution in [0, 0.1) is 20.4 Å². The van der Waals surface area contributed by atoms with Crippen molar-refractivity contribution in [3.63, 3.8) is 0 Å². The smallest absolute Gasteiger partial charge is 0.475 e. The van der Waals surface area contributed by atoms with E-state index in [1.165, 1.54) is 97.0 Å². The van der Waals surface area contributed by atoms with Crippen molar-refractivity contribution in [2.24, 2.45) is 0 Å². The van der Waals surface area contributed by atoms with Crippen molar-refractivity contribution < 1.29 is 60.5 Å². The predicted molar refractivity (Wildman–Crippen MR) is 282 cm³/mol. The number of hydrogen-bond acceptors (Lipinski definition) is 16. The summed E-state index contributed by atoms with van der Waals surface area (Å²) >= 11 is 0. The normalized spacial score (nSPS) is 21.9. The number of ether oxygens (including phenoxy) is 6. The molecule has 2 N–H and O–H groups in total. The number of H-pyrrole nitrogens is 2. The van der Waals surface area contributed by atoms with Crippen molar-refractivity contribution >= 4 is 19.8 Å². The highest BCUT2D eigenvalue weighted by Gasteiger charge is 2.53. The number of unbranched alkanes of at least 4 members (excludes halogenated alkanes) is 15. The molecule has 0 aliphatic carbocycles. The number of methoxy groups -OCH3 is 1. The molecule has 2 saturated heterocycles. The van der Waals surface area contributed by atoms with Gasteiger partial charge in [-0.25, -0.2) is 25.1 Å². The zero-order valence-corrected chi connectivity index (χ0v) is 46.1. The van der Waals surface area contributed by atoms with E-state index in [1.54, 1.807) is 6.92 Å². The van der Waals surface area contributed by atoms with Crippen LogP contribution in [0.2, 0.25) is 0 Å². The number of carbonyl (C=O) groups excluding carboxylic acids is 2. The lowest BCUT2D eigenvalue weighted by Crippen LogP contribution is -2.41. The van der Waals surface area contributed by atoms with Crippen LogP contribution in [0.3, 0.4) is 0 Å². The minimum absolute atomic E-state index is 0.0802. The highest BCUT2D eigenvalue weighted by molar-refractivity contribution is 7.48. The number of aryl methyl sites for hydroxylation is 1. The van der Waals surface area contributed by atoms with Gasteiger partial charge in [-0.05, 0) is 49.4 Å². The Labute approximate surface area is 449 Å². The number of nitrogens with zero attached hydrogens (tertiary/aromatic N) is 3. The average molecular weight is 1100 g/mol. The number of rotatable bonds is 36. The van der Waals surface area contributed by atoms with Crippen molar-refractivity contribution in [3.8, 4) is 5.75 Å². The third kappa shape index (κ3) is 19.5. The molecule has 23 heteroatoms. The van der Waals surface area contributed by atoms with Gasteiger partial charge in [-0.3, -0.25) is 51.9 Å². The van der Waals surface area contributed by atoms with Gasteiger partial charge in [0.25, 0.3) is 11.1 Å². The van der Waals surface area contributed by atoms with Crippen LogP contribution in [-0.4, -0.2) is 101 Å². The Hall–Kier alpha value is -5.27. The first-order valence-electron chi connectivity index (χ1n) is 27.2. The van der Waals surface area contributed by atoms with Gasteiger partial charge in [-0.15, -0.1) is 0 Å². The van der Waals surface area contributed by atoms with Gasteiger partial charge in [0.1, 0.15) is 37.3 Å². The molecule has 21 nitrogen and oxygen atoms in total. The lowest BCUT2D eigenvalue weighted by molar-refractivity contribution is -0.160. The molecular weight excluding hydrogens is 1020 g/mol. The van der Waals surface area contributed by atoms with Crippen molar-refractivity contribution in [1.29, 1.82) is 0 Å². The second-order valence-electron chi connectivity index (χ2n) is 19.5. The maximum atomic E-state index is 16.2. The highest BCUT2D eigenvalue weighted by Crippen LogP contribution is 2.54. The molecule has 0 spiro atoms. The fourth-order valence-electron chi connectivity index (χ4n) is 9.31. The summed E-state index contributed by atoms with van der Waals surface area (Å²) in [5, 5.41) is 0. The summed E-state index contributed by atoms with van der Waals surface area (Å²) in [7, 11) is -3.68. The van der Waals surface area contributed by atoms with Gasteiger partial charge in [0.05, 0.1) is 32.2 Å². The van der Waals surface area contributed by atoms with E-state index in [0.29, 0.717) is 17.9 Å². The molecule has 5 rings (SSSR count). The number of aromatic amines is 2. The molecule has 0 saturated carbocycles. The zero-order chi connectivity index (χ0) is 55.7. The molecule has 2 aliphatic rings. The molecule has 4 heterocycles. The van der Waals surface area contributed by atoms with E-state index in [0.717, 1.165) is 57.6 Å². The Morgan fingerprint density at radius 3 is 1.84 bits per heavy atom. The number of esters is 2. The molecule has 2 fully saturated rings. The topological polar surface area (TPSA) is 248 Å². The lowest BCUT2D eigenvalue weighted by Gasteiger charge is -2.26. The molecule has 2 aliphatic heterocycles. The largest absolute Gasteiger partial charge is 0.493 e. The van der Waals surface area contributed by atoms with Crippen molar-refractivity contribution in [2.45, 2.75) is 205 Å². The zero-order valence-electron chi connectivity index (χ0n) is 45.3. The number of benzene rings is 1. The van der Waals surface area contributed by atoms with E-state index in [-0.39, 0.29) is 19.6 Å². The molecule has 77 heavy (non-hydrogen) atoms. The minimum atomic E-state index is -4.92. The highest BCUT2D eigenvalue weighted by atomic mass is 31.2. The summed E-state index contributed by atoms with van der Waals surface area (Å²) < 4.78 is 84.3. The Kier molecular flexibility index (Phi) is 26.5. The number of carbonyl (C=O) groups is 2. The number of alkyl halides is 1. The second kappa shape index (κ2) is 32.6. The summed E-state index contributed by atoms with van der Waals surface area (Å²) in [4.78, 5) is 83.1. The van der Waals surface area contributed by atoms with Gasteiger partial charge in [-0.1, -0.05) is 116 Å². The Morgan fingerprint density at radius 1 is 0.727 bits per heavy atom. The molecule has 3 unspecified atom stereocenters. The Balaban J connectivity index is 1.14. The minimum Gasteiger partial charge on any atom is -0.493 e. The molecular formula is C54H79FN5O16P. The monoisotopic (exact) mass is 1100 g/mol. The summed E-state index contributed by atoms with van der Waals surface area (Å²) in [6.07, 6.45) is 9.81. The van der Waals surface area contributed by atoms with Crippen molar-refractivity contribution in [1.82, 2.24) is 19.1 Å². The van der Waals surface area contributed by atoms with Crippen LogP contribution in [0.5, 0.6) is 5.75 Å². The maximum Gasteiger partial charge on any atom is 0.475 e. The lowest BCUT2D eigenvalue weighted by atomic mass is 10.0. The molecule has 9 atom stereocenters. The van der Waals surface area contributed by atoms with Gasteiger partial charge in [0.15, 0.2) is 24.7 Å². The molecule has 0 amide bonds. The van der Waals surface area contributed by atoms with Crippen molar-refractivity contribution in [2.75, 3.05) is 33.5 Å². The second-order valence-corrected chi connectivity index (χ2v) is 21.2. The van der Waals surface area contributed by atoms with Crippen LogP contribution in [0.1, 0.15) is 165 Å². The summed E-state index contributed by atoms with van der Waals surface area (Å²) in [5.74, 6) is -0.906. The molecule has 3 aromatic rings. The summed E-state index contributed by atoms with van der Waals surface area (Å²) in [6, 6.07) is 5.79. The Morgan fingerprint density at radius 2 is 1.29 bits per heavy atom. The number of phosphoric ester groups is 1. The van der Waals surface area contributed by atoms with E-state index >= 15 is 4.39 Å². The third-order valence-electron chi connectivity index (χ3n) is 13.7. The van der Waals surface area contributed by atoms with Crippen LogP contribution >= 0.6 is 7.82 Å². The summed E-state index contributed by atoms with van der Waals surface area (Å²) in [5.41, 5.74) is -0.663. The molecule has 0 radical (unpaired) electrons. The van der Waals surface area contributed by atoms with Crippen molar-refractivity contribution in [3.05, 3.63) is 106 Å². The average Bonchev–Trinajstić information content (AvgIpc) is 3.91. The van der Waals surface area contributed by atoms with Crippen LogP contribution in [0.15, 0.2) is 55.8 Å². The molecule has 2 aromatic heterocycles. The SMILES string of the molecule is [C-]#[N+]CCOP(=O)(OC[C@H]1O[C@@H](n2ccc(=O)[nH]c2=O)[C@@H](OC)C1OC(=O)CCC(=O)OCc1cc(C)c(C)c(OCCCCCCCCCCCCCCCCCC)c1)OC1[C@@H](CC)O[C@@H](n2ccc(=O)[nH]c2=O)[C@H]1F. The number of aromatic nitrogens is 4. The first-order valence-corrected chi connectivity index (χ1v) is 28.7. The van der Waals surface area contributed by atoms with Crippen LogP contribution in [0.4, 0.5) is 4.39 Å². The van der Waals surface area contributed by atoms with Gasteiger partial charge >= 0.3 is 31.1 Å². The van der Waals surface area contributed by atoms with E-state index in [9.17, 15) is 33.3 Å². The van der Waals surface area contributed by atoms with Crippen LogP contribution < -0.4 is 27.2 Å². The van der Waals surface area contributed by atoms with Gasteiger partial charge in [0, 0.05) is 31.6 Å². The number of halogens is 1. The standard InChI is InChI=1S/C54H79FN5O16P/c1-7-9-10-11-12-13-14-15-16-17-18-19-20-21-22-23-31-69-41-34-39(33-37(3)38(41)4)35-70-45(63)24-25-46(64)75-49-42(74-52(50(49)68-6)60-30-27-44(62)58-54(60)66)36-72-77(67,71-32-28-56-5)76-48-40(8-2)73-51(47(48)55)59-29-26-43(61)57-53(59)65/h26-27,29-30,33-34,40,42,47-52H,7-25,28,31-32,35-36H2,1-4,6H3,(H,57,61,65)(H,58,62,66)/t40-,42-,47+,48?,49?,50+,51-,52-,77?/m1/s1. The fraction of sp³-hybridized carbons (Fsp3) is 0.685. The first-order chi connectivity index (χ1) is 37.1. The predicted octanol–water partition coefficient (Wildman–Crippen LogP) is 8.78. The molecule has 1 aromatic carbocycles. The van der Waals surface area contributed by atoms with E-state index in [4.69, 9.17) is 48.6 Å². The maximum absolute atomic E-state index is 16.2. The summed E-state index contributed by atoms with van der Waals surface area (Å²) in [6.45, 7) is 13.9. The van der Waals surface area contributed by atoms with Gasteiger partial charge < -0.3 is 33.3 Å². The van der Waals surface area contributed by atoms with E-state index in [1.807, 2.05) is 31.0 Å². The third-order valence-corrected chi connectivity index (χ3v) is 15.2. The fourth-order valence-corrected chi connectivity index (χ4v) is 10.7. The van der Waals surface area contributed by atoms with Crippen LogP contribution in [0.25, 0.3) is 4.85 Å².